The molecular formula is C25H19ClN2O3S. The fourth-order valence-corrected chi connectivity index (χ4v) is 4.94. The molecule has 0 fully saturated rings. The van der Waals surface area contributed by atoms with Crippen molar-refractivity contribution in [2.75, 3.05) is 7.11 Å². The highest BCUT2D eigenvalue weighted by atomic mass is 35.5. The summed E-state index contributed by atoms with van der Waals surface area (Å²) in [5.41, 5.74) is 4.47. The molecule has 2 heterocycles. The first-order valence-corrected chi connectivity index (χ1v) is 11.2. The van der Waals surface area contributed by atoms with Crippen LogP contribution in [-0.4, -0.2) is 16.5 Å². The second kappa shape index (κ2) is 8.30. The Labute approximate surface area is 193 Å². The molecule has 2 aromatic heterocycles. The van der Waals surface area contributed by atoms with Crippen LogP contribution in [0.5, 0.6) is 11.5 Å². The van der Waals surface area contributed by atoms with E-state index in [4.69, 9.17) is 21.1 Å². The molecule has 0 atom stereocenters. The van der Waals surface area contributed by atoms with Gasteiger partial charge in [-0.05, 0) is 48.4 Å². The van der Waals surface area contributed by atoms with Crippen LogP contribution in [0.15, 0.2) is 65.5 Å². The average molecular weight is 463 g/mol. The maximum Gasteiger partial charge on any atom is 0.274 e. The van der Waals surface area contributed by atoms with E-state index >= 15 is 0 Å². The fraction of sp³-hybridized carbons (Fsp3) is 0.120. The summed E-state index contributed by atoms with van der Waals surface area (Å²) in [6, 6.07) is 19.3. The van der Waals surface area contributed by atoms with E-state index in [2.05, 4.69) is 11.1 Å². The second-order valence-corrected chi connectivity index (χ2v) is 8.86. The smallest absolute Gasteiger partial charge is 0.274 e. The van der Waals surface area contributed by atoms with Crippen molar-refractivity contribution in [3.05, 3.63) is 97.3 Å². The number of nitrogens with zero attached hydrogens (tertiary/aromatic N) is 2. The topological polar surface area (TPSA) is 52.8 Å². The summed E-state index contributed by atoms with van der Waals surface area (Å²) in [4.78, 5) is 18.2. The van der Waals surface area contributed by atoms with Gasteiger partial charge in [0.25, 0.3) is 5.56 Å². The molecule has 0 saturated carbocycles. The number of hydrogen-bond donors (Lipinski definition) is 0. The summed E-state index contributed by atoms with van der Waals surface area (Å²) in [5, 5.41) is 0.419. The van der Waals surface area contributed by atoms with Gasteiger partial charge >= 0.3 is 0 Å². The maximum atomic E-state index is 13.0. The number of para-hydroxylation sites is 2. The zero-order valence-electron chi connectivity index (χ0n) is 17.5. The highest BCUT2D eigenvalue weighted by Gasteiger charge is 2.14. The van der Waals surface area contributed by atoms with E-state index in [1.165, 1.54) is 11.3 Å². The Morgan fingerprint density at radius 3 is 2.78 bits per heavy atom. The van der Waals surface area contributed by atoms with E-state index in [0.29, 0.717) is 32.6 Å². The van der Waals surface area contributed by atoms with Gasteiger partial charge in [0, 0.05) is 0 Å². The number of imidazole rings is 1. The Morgan fingerprint density at radius 1 is 1.12 bits per heavy atom. The lowest BCUT2D eigenvalue weighted by Gasteiger charge is -2.13. The second-order valence-electron chi connectivity index (χ2n) is 7.45. The lowest BCUT2D eigenvalue weighted by Crippen LogP contribution is -2.22. The Hall–Kier alpha value is -3.35. The van der Waals surface area contributed by atoms with Gasteiger partial charge in [-0.2, -0.15) is 0 Å². The van der Waals surface area contributed by atoms with Crippen LogP contribution in [0.2, 0.25) is 5.02 Å². The molecule has 160 valence electrons. The van der Waals surface area contributed by atoms with E-state index in [0.717, 1.165) is 27.7 Å². The first-order chi connectivity index (χ1) is 15.5. The predicted molar refractivity (Wildman–Crippen MR) is 129 cm³/mol. The van der Waals surface area contributed by atoms with Crippen molar-refractivity contribution in [3.8, 4) is 11.5 Å². The van der Waals surface area contributed by atoms with Gasteiger partial charge in [0.2, 0.25) is 0 Å². The van der Waals surface area contributed by atoms with Crippen LogP contribution < -0.4 is 19.6 Å². The molecule has 0 N–H and O–H groups in total. The quantitative estimate of drug-likeness (QED) is 0.368. The van der Waals surface area contributed by atoms with E-state index < -0.39 is 0 Å². The van der Waals surface area contributed by atoms with Crippen LogP contribution in [0, 0.1) is 6.92 Å². The molecule has 0 aliphatic rings. The lowest BCUT2D eigenvalue weighted by atomic mass is 10.1. The van der Waals surface area contributed by atoms with Crippen molar-refractivity contribution in [2.24, 2.45) is 0 Å². The van der Waals surface area contributed by atoms with E-state index in [9.17, 15) is 4.79 Å². The third kappa shape index (κ3) is 3.72. The molecule has 32 heavy (non-hydrogen) atoms. The standard InChI is InChI=1S/C25H19ClN2O3S/c1-15-6-5-7-16(10-15)14-31-23-18(26)11-17(12-21(23)30-2)13-22-24(29)28-20-9-4-3-8-19(20)27-25(28)32-22/h3-13H,14H2,1-2H3. The number of ether oxygens (including phenoxy) is 2. The van der Waals surface area contributed by atoms with Crippen molar-refractivity contribution in [1.82, 2.24) is 9.38 Å². The largest absolute Gasteiger partial charge is 0.493 e. The van der Waals surface area contributed by atoms with Crippen molar-refractivity contribution >= 4 is 45.0 Å². The average Bonchev–Trinajstić information content (AvgIpc) is 3.29. The van der Waals surface area contributed by atoms with Gasteiger partial charge in [-0.25, -0.2) is 9.38 Å². The van der Waals surface area contributed by atoms with Gasteiger partial charge < -0.3 is 9.47 Å². The van der Waals surface area contributed by atoms with Gasteiger partial charge in [-0.1, -0.05) is 64.9 Å². The first kappa shape index (κ1) is 20.5. The summed E-state index contributed by atoms with van der Waals surface area (Å²) in [6.45, 7) is 2.41. The Balaban J connectivity index is 1.52. The number of hydrogen-bond acceptors (Lipinski definition) is 5. The molecule has 0 spiro atoms. The Morgan fingerprint density at radius 2 is 1.97 bits per heavy atom. The summed E-state index contributed by atoms with van der Waals surface area (Å²) in [6.07, 6.45) is 1.80. The highest BCUT2D eigenvalue weighted by Crippen LogP contribution is 2.37. The number of aryl methyl sites for hydroxylation is 1. The van der Waals surface area contributed by atoms with Gasteiger partial charge in [-0.15, -0.1) is 0 Å². The summed E-state index contributed by atoms with van der Waals surface area (Å²) < 4.78 is 13.7. The molecule has 0 amide bonds. The number of rotatable bonds is 5. The fourth-order valence-electron chi connectivity index (χ4n) is 3.68. The Kier molecular flexibility index (Phi) is 5.33. The Bertz CT molecular complexity index is 1570. The normalized spacial score (nSPS) is 12.0. The highest BCUT2D eigenvalue weighted by molar-refractivity contribution is 7.15. The molecule has 0 aliphatic heterocycles. The molecule has 0 saturated heterocycles. The van der Waals surface area contributed by atoms with Crippen molar-refractivity contribution in [1.29, 1.82) is 0 Å². The van der Waals surface area contributed by atoms with Crippen LogP contribution in [0.25, 0.3) is 22.1 Å². The summed E-state index contributed by atoms with van der Waals surface area (Å²) >= 11 is 7.88. The minimum atomic E-state index is -0.103. The molecule has 5 aromatic rings. The number of benzene rings is 3. The number of halogens is 1. The van der Waals surface area contributed by atoms with Crippen LogP contribution in [0.3, 0.4) is 0 Å². The SMILES string of the molecule is COc1cc(C=c2sc3nc4ccccc4n3c2=O)cc(Cl)c1OCc1cccc(C)c1. The van der Waals surface area contributed by atoms with Crippen molar-refractivity contribution in [2.45, 2.75) is 13.5 Å². The zero-order chi connectivity index (χ0) is 22.2. The van der Waals surface area contributed by atoms with Crippen LogP contribution in [0.4, 0.5) is 0 Å². The molecule has 0 bridgehead atoms. The first-order valence-electron chi connectivity index (χ1n) is 10.0. The van der Waals surface area contributed by atoms with Gasteiger partial charge in [0.15, 0.2) is 16.5 Å². The summed E-state index contributed by atoms with van der Waals surface area (Å²) in [7, 11) is 1.57. The van der Waals surface area contributed by atoms with E-state index in [1.54, 1.807) is 23.7 Å². The minimum Gasteiger partial charge on any atom is -0.493 e. The van der Waals surface area contributed by atoms with Crippen LogP contribution in [0.1, 0.15) is 16.7 Å². The molecule has 0 radical (unpaired) electrons. The van der Waals surface area contributed by atoms with Crippen molar-refractivity contribution < 1.29 is 9.47 Å². The number of methoxy groups -OCH3 is 1. The van der Waals surface area contributed by atoms with E-state index in [-0.39, 0.29) is 5.56 Å². The summed E-state index contributed by atoms with van der Waals surface area (Å²) in [5.74, 6) is 0.984. The minimum absolute atomic E-state index is 0.103. The molecule has 0 aliphatic carbocycles. The maximum absolute atomic E-state index is 13.0. The lowest BCUT2D eigenvalue weighted by molar-refractivity contribution is 0.284. The third-order valence-electron chi connectivity index (χ3n) is 5.16. The molecule has 7 heteroatoms. The molecule has 0 unspecified atom stereocenters. The van der Waals surface area contributed by atoms with Gasteiger partial charge in [0.1, 0.15) is 6.61 Å². The molecule has 5 nitrogen and oxygen atoms in total. The van der Waals surface area contributed by atoms with Gasteiger partial charge in [-0.3, -0.25) is 4.79 Å². The molecular weight excluding hydrogens is 444 g/mol. The third-order valence-corrected chi connectivity index (χ3v) is 6.41. The zero-order valence-corrected chi connectivity index (χ0v) is 19.0. The van der Waals surface area contributed by atoms with Crippen LogP contribution >= 0.6 is 22.9 Å². The van der Waals surface area contributed by atoms with E-state index in [1.807, 2.05) is 55.5 Å². The van der Waals surface area contributed by atoms with Gasteiger partial charge in [0.05, 0.1) is 27.7 Å². The monoisotopic (exact) mass is 462 g/mol. The van der Waals surface area contributed by atoms with Crippen molar-refractivity contribution in [3.63, 3.8) is 0 Å². The number of thiazole rings is 1. The number of fused-ring (bicyclic) bond motifs is 3. The predicted octanol–water partition coefficient (Wildman–Crippen LogP) is 5.01. The number of aromatic nitrogens is 2. The molecule has 3 aromatic carbocycles. The molecule has 5 rings (SSSR count). The van der Waals surface area contributed by atoms with Crippen LogP contribution in [-0.2, 0) is 6.61 Å².